The summed E-state index contributed by atoms with van der Waals surface area (Å²) in [5.74, 6) is 1.89. The summed E-state index contributed by atoms with van der Waals surface area (Å²) in [4.78, 5) is 4.38. The number of rotatable bonds is 6. The Hall–Kier alpha value is -2.89. The molecule has 6 nitrogen and oxygen atoms in total. The topological polar surface area (TPSA) is 57.5 Å². The zero-order chi connectivity index (χ0) is 17.1. The molecule has 0 radical (unpaired) electrons. The lowest BCUT2D eigenvalue weighted by Crippen LogP contribution is -2.02. The Balaban J connectivity index is 1.82. The van der Waals surface area contributed by atoms with Crippen molar-refractivity contribution in [3.05, 3.63) is 42.2 Å². The lowest BCUT2D eigenvalue weighted by atomic mass is 10.1. The van der Waals surface area contributed by atoms with E-state index in [0.717, 1.165) is 22.3 Å². The van der Waals surface area contributed by atoms with Gasteiger partial charge in [0.05, 0.1) is 38.7 Å². The summed E-state index contributed by atoms with van der Waals surface area (Å²) in [7, 11) is 6.81. The third-order valence-electron chi connectivity index (χ3n) is 3.95. The van der Waals surface area contributed by atoms with Crippen molar-refractivity contribution in [3.63, 3.8) is 0 Å². The van der Waals surface area contributed by atoms with Crippen LogP contribution in [0.15, 0.2) is 36.7 Å². The average Bonchev–Trinajstić information content (AvgIpc) is 2.99. The molecule has 0 aliphatic rings. The first-order chi connectivity index (χ1) is 11.7. The predicted molar refractivity (Wildman–Crippen MR) is 94.1 cm³/mol. The quantitative estimate of drug-likeness (QED) is 0.753. The molecular weight excluding hydrogens is 306 g/mol. The first kappa shape index (κ1) is 16.0. The van der Waals surface area contributed by atoms with E-state index in [9.17, 15) is 0 Å². The van der Waals surface area contributed by atoms with E-state index in [4.69, 9.17) is 14.2 Å². The number of imidazole rings is 1. The lowest BCUT2D eigenvalue weighted by molar-refractivity contribution is 0.324. The predicted octanol–water partition coefficient (Wildman–Crippen LogP) is 3.21. The normalized spacial score (nSPS) is 10.7. The van der Waals surface area contributed by atoms with Crippen molar-refractivity contribution in [2.24, 2.45) is 7.05 Å². The minimum atomic E-state index is 0.596. The molecule has 0 fully saturated rings. The molecule has 0 saturated carbocycles. The van der Waals surface area contributed by atoms with Crippen molar-refractivity contribution in [1.82, 2.24) is 9.55 Å². The Morgan fingerprint density at radius 2 is 1.71 bits per heavy atom. The number of aryl methyl sites for hydroxylation is 1. The molecule has 3 aromatic rings. The smallest absolute Gasteiger partial charge is 0.203 e. The number of anilines is 1. The molecule has 1 aromatic heterocycles. The highest BCUT2D eigenvalue weighted by molar-refractivity contribution is 5.79. The minimum absolute atomic E-state index is 0.596. The number of nitrogens with one attached hydrogen (secondary N) is 1. The van der Waals surface area contributed by atoms with Gasteiger partial charge in [-0.3, -0.25) is 0 Å². The van der Waals surface area contributed by atoms with E-state index >= 15 is 0 Å². The summed E-state index contributed by atoms with van der Waals surface area (Å²) in [6.07, 6.45) is 1.81. The molecule has 0 amide bonds. The Bertz CT molecular complexity index is 833. The van der Waals surface area contributed by atoms with E-state index in [2.05, 4.69) is 16.4 Å². The fourth-order valence-electron chi connectivity index (χ4n) is 2.69. The van der Waals surface area contributed by atoms with Crippen LogP contribution in [0.1, 0.15) is 5.56 Å². The van der Waals surface area contributed by atoms with Gasteiger partial charge in [0, 0.05) is 19.3 Å². The van der Waals surface area contributed by atoms with E-state index in [0.29, 0.717) is 23.8 Å². The average molecular weight is 327 g/mol. The summed E-state index contributed by atoms with van der Waals surface area (Å²) in [5, 5.41) is 3.40. The van der Waals surface area contributed by atoms with Gasteiger partial charge in [-0.25, -0.2) is 4.98 Å². The number of nitrogens with zero attached hydrogens (tertiary/aromatic N) is 2. The van der Waals surface area contributed by atoms with Crippen molar-refractivity contribution in [3.8, 4) is 17.2 Å². The third-order valence-corrected chi connectivity index (χ3v) is 3.95. The van der Waals surface area contributed by atoms with Crippen LogP contribution in [0, 0.1) is 0 Å². The maximum Gasteiger partial charge on any atom is 0.203 e. The third kappa shape index (κ3) is 2.95. The fraction of sp³-hybridized carbons (Fsp3) is 0.278. The van der Waals surface area contributed by atoms with E-state index in [1.807, 2.05) is 42.2 Å². The highest BCUT2D eigenvalue weighted by Crippen LogP contribution is 2.38. The number of hydrogen-bond donors (Lipinski definition) is 1. The molecule has 1 N–H and O–H groups in total. The maximum atomic E-state index is 5.39. The van der Waals surface area contributed by atoms with Crippen molar-refractivity contribution in [2.45, 2.75) is 6.54 Å². The first-order valence-electron chi connectivity index (χ1n) is 7.60. The summed E-state index contributed by atoms with van der Waals surface area (Å²) in [6.45, 7) is 0.634. The van der Waals surface area contributed by atoms with Crippen molar-refractivity contribution in [2.75, 3.05) is 26.6 Å². The van der Waals surface area contributed by atoms with Gasteiger partial charge in [-0.15, -0.1) is 0 Å². The Labute approximate surface area is 141 Å². The second kappa shape index (κ2) is 6.70. The SMILES string of the molecule is COc1cc(CNc2ccc3c(c2)ncn3C)cc(OC)c1OC. The van der Waals surface area contributed by atoms with Gasteiger partial charge < -0.3 is 24.1 Å². The number of methoxy groups -OCH3 is 3. The summed E-state index contributed by atoms with van der Waals surface area (Å²) >= 11 is 0. The van der Waals surface area contributed by atoms with Crippen LogP contribution in [0.25, 0.3) is 11.0 Å². The molecule has 0 unspecified atom stereocenters. The van der Waals surface area contributed by atoms with Crippen LogP contribution < -0.4 is 19.5 Å². The van der Waals surface area contributed by atoms with Gasteiger partial charge in [0.2, 0.25) is 5.75 Å². The summed E-state index contributed by atoms with van der Waals surface area (Å²) in [5.41, 5.74) is 4.11. The zero-order valence-corrected chi connectivity index (χ0v) is 14.3. The highest BCUT2D eigenvalue weighted by Gasteiger charge is 2.13. The zero-order valence-electron chi connectivity index (χ0n) is 14.3. The van der Waals surface area contributed by atoms with Gasteiger partial charge in [-0.2, -0.15) is 0 Å². The molecule has 126 valence electrons. The molecule has 0 aliphatic carbocycles. The molecule has 2 aromatic carbocycles. The minimum Gasteiger partial charge on any atom is -0.493 e. The number of fused-ring (bicyclic) bond motifs is 1. The monoisotopic (exact) mass is 327 g/mol. The number of benzene rings is 2. The number of aromatic nitrogens is 2. The van der Waals surface area contributed by atoms with Crippen LogP contribution in [-0.2, 0) is 13.6 Å². The molecule has 24 heavy (non-hydrogen) atoms. The molecule has 0 aliphatic heterocycles. The van der Waals surface area contributed by atoms with Gasteiger partial charge in [-0.1, -0.05) is 0 Å². The Kier molecular flexibility index (Phi) is 4.46. The van der Waals surface area contributed by atoms with Gasteiger partial charge in [0.15, 0.2) is 11.5 Å². The van der Waals surface area contributed by atoms with Crippen LogP contribution in [-0.4, -0.2) is 30.9 Å². The second-order valence-electron chi connectivity index (χ2n) is 5.45. The summed E-state index contributed by atoms with van der Waals surface area (Å²) < 4.78 is 18.1. The standard InChI is InChI=1S/C18H21N3O3/c1-21-11-20-14-9-13(5-6-15(14)21)19-10-12-7-16(22-2)18(24-4)17(8-12)23-3/h5-9,11,19H,10H2,1-4H3. The molecule has 1 heterocycles. The lowest BCUT2D eigenvalue weighted by Gasteiger charge is -2.15. The molecule has 0 bridgehead atoms. The summed E-state index contributed by atoms with van der Waals surface area (Å²) in [6, 6.07) is 10.0. The molecule has 0 saturated heterocycles. The van der Waals surface area contributed by atoms with E-state index in [1.54, 1.807) is 21.3 Å². The van der Waals surface area contributed by atoms with Crippen molar-refractivity contribution in [1.29, 1.82) is 0 Å². The van der Waals surface area contributed by atoms with Crippen LogP contribution in [0.3, 0.4) is 0 Å². The molecule has 0 spiro atoms. The maximum absolute atomic E-state index is 5.39. The first-order valence-corrected chi connectivity index (χ1v) is 7.60. The van der Waals surface area contributed by atoms with Crippen LogP contribution in [0.4, 0.5) is 5.69 Å². The molecule has 6 heteroatoms. The van der Waals surface area contributed by atoms with Crippen LogP contribution >= 0.6 is 0 Å². The van der Waals surface area contributed by atoms with Crippen molar-refractivity contribution >= 4 is 16.7 Å². The van der Waals surface area contributed by atoms with E-state index in [1.165, 1.54) is 0 Å². The fourth-order valence-corrected chi connectivity index (χ4v) is 2.69. The number of ether oxygens (including phenoxy) is 3. The Morgan fingerprint density at radius 1 is 1.00 bits per heavy atom. The molecule has 0 atom stereocenters. The highest BCUT2D eigenvalue weighted by atomic mass is 16.5. The van der Waals surface area contributed by atoms with Gasteiger partial charge >= 0.3 is 0 Å². The number of hydrogen-bond acceptors (Lipinski definition) is 5. The van der Waals surface area contributed by atoms with E-state index in [-0.39, 0.29) is 0 Å². The second-order valence-corrected chi connectivity index (χ2v) is 5.45. The Morgan fingerprint density at radius 3 is 2.33 bits per heavy atom. The van der Waals surface area contributed by atoms with Gasteiger partial charge in [0.25, 0.3) is 0 Å². The van der Waals surface area contributed by atoms with Crippen LogP contribution in [0.5, 0.6) is 17.2 Å². The van der Waals surface area contributed by atoms with Gasteiger partial charge in [-0.05, 0) is 35.9 Å². The van der Waals surface area contributed by atoms with Crippen LogP contribution in [0.2, 0.25) is 0 Å². The molecular formula is C18H21N3O3. The van der Waals surface area contributed by atoms with E-state index < -0.39 is 0 Å². The van der Waals surface area contributed by atoms with Gasteiger partial charge in [0.1, 0.15) is 0 Å². The van der Waals surface area contributed by atoms with Crippen molar-refractivity contribution < 1.29 is 14.2 Å². The molecule has 3 rings (SSSR count). The largest absolute Gasteiger partial charge is 0.493 e.